The van der Waals surface area contributed by atoms with Crippen LogP contribution in [0.15, 0.2) is 12.5 Å². The molecular weight excluding hydrogens is 419 g/mol. The monoisotopic (exact) mass is 460 g/mol. The summed E-state index contributed by atoms with van der Waals surface area (Å²) in [4.78, 5) is 17.0. The average molecular weight is 461 g/mol. The van der Waals surface area contributed by atoms with Crippen LogP contribution in [-0.4, -0.2) is 39.8 Å². The first-order valence-electron chi connectivity index (χ1n) is 13.1. The minimum absolute atomic E-state index is 0.0334. The third-order valence-electron chi connectivity index (χ3n) is 10.6. The smallest absolute Gasteiger partial charge is 0.230 e. The second kappa shape index (κ2) is 8.44. The maximum absolute atomic E-state index is 13.4. The van der Waals surface area contributed by atoms with E-state index < -0.39 is 11.5 Å². The molecule has 0 unspecified atom stereocenters. The number of ketones is 1. The van der Waals surface area contributed by atoms with E-state index in [1.54, 1.807) is 4.57 Å². The molecule has 0 aliphatic heterocycles. The summed E-state index contributed by atoms with van der Waals surface area (Å²) in [6.07, 6.45) is 13.5. The molecule has 1 N–H and O–H groups in total. The molecule has 0 amide bonds. The van der Waals surface area contributed by atoms with E-state index in [2.05, 4.69) is 11.9 Å². The largest absolute Gasteiger partial charge is 0.390 e. The van der Waals surface area contributed by atoms with Gasteiger partial charge in [0.2, 0.25) is 5.95 Å². The number of aliphatic hydroxyl groups is 1. The summed E-state index contributed by atoms with van der Waals surface area (Å²) in [5, 5.41) is 10.9. The van der Waals surface area contributed by atoms with Gasteiger partial charge in [0.25, 0.3) is 0 Å². The van der Waals surface area contributed by atoms with Crippen LogP contribution in [0.2, 0.25) is 0 Å². The molecule has 6 heteroatoms. The number of nitrogens with zero attached hydrogens (tertiary/aromatic N) is 2. The van der Waals surface area contributed by atoms with Crippen LogP contribution in [-0.2, 0) is 16.1 Å². The average Bonchev–Trinajstić information content (AvgIpc) is 3.28. The fraction of sp³-hybridized carbons (Fsp3) is 0.852. The van der Waals surface area contributed by atoms with Gasteiger partial charge in [-0.2, -0.15) is 4.39 Å². The van der Waals surface area contributed by atoms with Crippen molar-refractivity contribution in [3.05, 3.63) is 18.5 Å². The SMILES string of the molecule is COC[C@]12CC[C@@](C)(O)C[C@H]1CCC[C@@H]1[C@@H]3CC[C@H](C(=O)Cn4cnc(F)c4)[C@@]3(C)CC[C@@H]12. The number of ether oxygens (including phenoxy) is 1. The van der Waals surface area contributed by atoms with Crippen molar-refractivity contribution in [1.82, 2.24) is 9.55 Å². The summed E-state index contributed by atoms with van der Waals surface area (Å²) in [6.45, 7) is 5.41. The number of halogens is 1. The highest BCUT2D eigenvalue weighted by Gasteiger charge is 2.62. The molecule has 1 heterocycles. The van der Waals surface area contributed by atoms with Crippen LogP contribution in [0.4, 0.5) is 4.39 Å². The molecule has 1 aromatic rings. The second-order valence-electron chi connectivity index (χ2n) is 12.4. The van der Waals surface area contributed by atoms with E-state index in [9.17, 15) is 14.3 Å². The number of carbonyl (C=O) groups is 1. The zero-order chi connectivity index (χ0) is 23.4. The van der Waals surface area contributed by atoms with Gasteiger partial charge in [0.1, 0.15) is 0 Å². The van der Waals surface area contributed by atoms with Gasteiger partial charge in [0.15, 0.2) is 5.78 Å². The lowest BCUT2D eigenvalue weighted by atomic mass is 9.48. The molecule has 4 aliphatic carbocycles. The van der Waals surface area contributed by atoms with Gasteiger partial charge in [-0.25, -0.2) is 4.98 Å². The highest BCUT2D eigenvalue weighted by Crippen LogP contribution is 2.67. The van der Waals surface area contributed by atoms with Gasteiger partial charge in [0, 0.05) is 13.0 Å². The predicted molar refractivity (Wildman–Crippen MR) is 124 cm³/mol. The minimum atomic E-state index is -0.553. The molecule has 0 bridgehead atoms. The Balaban J connectivity index is 1.40. The lowest BCUT2D eigenvalue weighted by Gasteiger charge is -2.58. The molecule has 5 nitrogen and oxygen atoms in total. The van der Waals surface area contributed by atoms with E-state index in [1.807, 2.05) is 14.0 Å². The van der Waals surface area contributed by atoms with Gasteiger partial charge >= 0.3 is 0 Å². The van der Waals surface area contributed by atoms with E-state index in [0.717, 1.165) is 51.6 Å². The molecule has 4 fully saturated rings. The molecule has 33 heavy (non-hydrogen) atoms. The molecule has 0 radical (unpaired) electrons. The first-order chi connectivity index (χ1) is 15.7. The van der Waals surface area contributed by atoms with Crippen LogP contribution in [0.25, 0.3) is 0 Å². The Hall–Kier alpha value is -1.27. The van der Waals surface area contributed by atoms with Crippen LogP contribution in [0.1, 0.15) is 78.1 Å². The standard InChI is InChI=1S/C27H41FN2O3/c1-25(32)11-12-27(16-33-3)18(13-25)5-4-6-19-20-7-8-22(26(20,2)10-9-21(19)27)23(31)14-30-15-24(28)29-17-30/h15,17-22,32H,4-14,16H2,1-3H3/t18-,19-,20+,21+,22-,25-,26+,27-/m1/s1. The number of Topliss-reactive ketones (excluding diaryl/α,β-unsaturated/α-hetero) is 1. The van der Waals surface area contributed by atoms with Crippen LogP contribution in [0, 0.1) is 46.4 Å². The Kier molecular flexibility index (Phi) is 6.00. The first kappa shape index (κ1) is 23.5. The predicted octanol–water partition coefficient (Wildman–Crippen LogP) is 5.02. The fourth-order valence-corrected chi connectivity index (χ4v) is 9.23. The molecule has 4 saturated carbocycles. The highest BCUT2D eigenvalue weighted by atomic mass is 19.1. The summed E-state index contributed by atoms with van der Waals surface area (Å²) >= 11 is 0. The van der Waals surface area contributed by atoms with Gasteiger partial charge < -0.3 is 14.4 Å². The zero-order valence-electron chi connectivity index (χ0n) is 20.6. The number of aromatic nitrogens is 2. The van der Waals surface area contributed by atoms with Gasteiger partial charge in [-0.1, -0.05) is 13.3 Å². The Morgan fingerprint density at radius 3 is 2.73 bits per heavy atom. The van der Waals surface area contributed by atoms with Crippen LogP contribution in [0.3, 0.4) is 0 Å². The number of hydrogen-bond acceptors (Lipinski definition) is 4. The van der Waals surface area contributed by atoms with Crippen molar-refractivity contribution in [3.8, 4) is 0 Å². The van der Waals surface area contributed by atoms with E-state index in [0.29, 0.717) is 23.7 Å². The second-order valence-corrected chi connectivity index (χ2v) is 12.4. The lowest BCUT2D eigenvalue weighted by Crippen LogP contribution is -2.54. The number of imidazole rings is 1. The van der Waals surface area contributed by atoms with Crippen LogP contribution >= 0.6 is 0 Å². The molecule has 8 atom stereocenters. The quantitative estimate of drug-likeness (QED) is 0.670. The summed E-state index contributed by atoms with van der Waals surface area (Å²) in [6, 6.07) is 0. The van der Waals surface area contributed by atoms with E-state index in [4.69, 9.17) is 4.74 Å². The Morgan fingerprint density at radius 1 is 1.18 bits per heavy atom. The van der Waals surface area contributed by atoms with Gasteiger partial charge in [-0.05, 0) is 99.2 Å². The van der Waals surface area contributed by atoms with E-state index in [-0.39, 0.29) is 29.1 Å². The molecule has 0 aromatic carbocycles. The molecule has 4 aliphatic rings. The van der Waals surface area contributed by atoms with E-state index in [1.165, 1.54) is 31.8 Å². The third kappa shape index (κ3) is 3.89. The first-order valence-corrected chi connectivity index (χ1v) is 13.1. The summed E-state index contributed by atoms with van der Waals surface area (Å²) in [5.74, 6) is 2.11. The van der Waals surface area contributed by atoms with Crippen molar-refractivity contribution >= 4 is 5.78 Å². The topological polar surface area (TPSA) is 64.3 Å². The van der Waals surface area contributed by atoms with Crippen molar-refractivity contribution < 1.29 is 19.0 Å². The van der Waals surface area contributed by atoms with Crippen molar-refractivity contribution in [2.45, 2.75) is 90.2 Å². The molecule has 184 valence electrons. The fourth-order valence-electron chi connectivity index (χ4n) is 9.23. The summed E-state index contributed by atoms with van der Waals surface area (Å²) < 4.78 is 20.8. The Morgan fingerprint density at radius 2 is 2.00 bits per heavy atom. The highest BCUT2D eigenvalue weighted by molar-refractivity contribution is 5.82. The summed E-state index contributed by atoms with van der Waals surface area (Å²) in [7, 11) is 1.84. The van der Waals surface area contributed by atoms with Crippen LogP contribution in [0.5, 0.6) is 0 Å². The third-order valence-corrected chi connectivity index (χ3v) is 10.6. The van der Waals surface area contributed by atoms with Gasteiger partial charge in [0.05, 0.1) is 31.3 Å². The molecule has 0 spiro atoms. The molecule has 1 aromatic heterocycles. The maximum Gasteiger partial charge on any atom is 0.230 e. The number of hydrogen-bond donors (Lipinski definition) is 1. The van der Waals surface area contributed by atoms with Crippen molar-refractivity contribution in [2.24, 2.45) is 40.4 Å². The van der Waals surface area contributed by atoms with Crippen molar-refractivity contribution in [1.29, 1.82) is 0 Å². The Labute approximate surface area is 197 Å². The number of fused-ring (bicyclic) bond motifs is 5. The number of methoxy groups -OCH3 is 1. The molecule has 0 saturated heterocycles. The van der Waals surface area contributed by atoms with Crippen molar-refractivity contribution in [3.63, 3.8) is 0 Å². The molecule has 5 rings (SSSR count). The van der Waals surface area contributed by atoms with Crippen LogP contribution < -0.4 is 0 Å². The van der Waals surface area contributed by atoms with Gasteiger partial charge in [-0.15, -0.1) is 0 Å². The van der Waals surface area contributed by atoms with E-state index >= 15 is 0 Å². The number of rotatable bonds is 5. The Bertz CT molecular complexity index is 884. The molecular formula is C27H41FN2O3. The summed E-state index contributed by atoms with van der Waals surface area (Å²) in [5.41, 5.74) is -0.357. The zero-order valence-corrected chi connectivity index (χ0v) is 20.6. The normalized spacial score (nSPS) is 45.1. The minimum Gasteiger partial charge on any atom is -0.390 e. The lowest BCUT2D eigenvalue weighted by molar-refractivity contribution is -0.146. The van der Waals surface area contributed by atoms with Gasteiger partial charge in [-0.3, -0.25) is 4.79 Å². The number of carbonyl (C=O) groups excluding carboxylic acids is 1. The van der Waals surface area contributed by atoms with Crippen molar-refractivity contribution in [2.75, 3.05) is 13.7 Å². The maximum atomic E-state index is 13.4.